The summed E-state index contributed by atoms with van der Waals surface area (Å²) in [5.41, 5.74) is -0.0194. The molecule has 1 aliphatic heterocycles. The number of halogens is 1. The number of amides is 1. The Morgan fingerprint density at radius 2 is 2.00 bits per heavy atom. The molecule has 3 rings (SSSR count). The molecule has 1 aromatic carbocycles. The Morgan fingerprint density at radius 1 is 1.23 bits per heavy atom. The minimum atomic E-state index is -0.567. The van der Waals surface area contributed by atoms with Crippen LogP contribution in [0.4, 0.5) is 16.0 Å². The van der Waals surface area contributed by atoms with Gasteiger partial charge in [-0.2, -0.15) is 0 Å². The molecule has 2 aromatic rings. The van der Waals surface area contributed by atoms with E-state index in [1.165, 1.54) is 24.5 Å². The molecule has 1 saturated heterocycles. The summed E-state index contributed by atoms with van der Waals surface area (Å²) in [6.07, 6.45) is 1.38. The molecule has 1 amide bonds. The molecular formula is C15H15FN4O2. The second-order valence-electron chi connectivity index (χ2n) is 4.79. The minimum absolute atomic E-state index is 0.0194. The first kappa shape index (κ1) is 14.4. The second-order valence-corrected chi connectivity index (χ2v) is 4.79. The first-order valence-corrected chi connectivity index (χ1v) is 6.94. The maximum atomic E-state index is 13.6. The normalized spacial score (nSPS) is 14.7. The third-order valence-electron chi connectivity index (χ3n) is 3.35. The molecule has 0 atom stereocenters. The number of morpholine rings is 1. The third kappa shape index (κ3) is 3.20. The van der Waals surface area contributed by atoms with Crippen molar-refractivity contribution >= 4 is 17.5 Å². The van der Waals surface area contributed by atoms with Crippen LogP contribution in [0, 0.1) is 5.82 Å². The highest BCUT2D eigenvalue weighted by Crippen LogP contribution is 2.16. The van der Waals surface area contributed by atoms with Crippen LogP contribution in [0.1, 0.15) is 10.4 Å². The third-order valence-corrected chi connectivity index (χ3v) is 3.35. The van der Waals surface area contributed by atoms with Crippen molar-refractivity contribution in [3.8, 4) is 0 Å². The van der Waals surface area contributed by atoms with Gasteiger partial charge in [-0.15, -0.1) is 0 Å². The van der Waals surface area contributed by atoms with Crippen molar-refractivity contribution in [1.29, 1.82) is 0 Å². The van der Waals surface area contributed by atoms with E-state index in [2.05, 4.69) is 15.3 Å². The predicted molar refractivity (Wildman–Crippen MR) is 79.4 cm³/mol. The standard InChI is InChI=1S/C15H15FN4O2/c16-12-4-2-1-3-11(12)15(21)19-13-9-14(18-10-17-13)20-5-7-22-8-6-20/h1-4,9-10H,5-8H2,(H,17,18,19,21). The Kier molecular flexibility index (Phi) is 4.24. The fraction of sp³-hybridized carbons (Fsp3) is 0.267. The van der Waals surface area contributed by atoms with Crippen molar-refractivity contribution in [2.24, 2.45) is 0 Å². The van der Waals surface area contributed by atoms with E-state index in [4.69, 9.17) is 4.74 Å². The quantitative estimate of drug-likeness (QED) is 0.935. The van der Waals surface area contributed by atoms with E-state index >= 15 is 0 Å². The zero-order valence-corrected chi connectivity index (χ0v) is 11.8. The van der Waals surface area contributed by atoms with Gasteiger partial charge in [-0.25, -0.2) is 14.4 Å². The number of carbonyl (C=O) groups is 1. The Hall–Kier alpha value is -2.54. The molecule has 7 heteroatoms. The monoisotopic (exact) mass is 302 g/mol. The first-order chi connectivity index (χ1) is 10.7. The number of aromatic nitrogens is 2. The van der Waals surface area contributed by atoms with Crippen LogP contribution in [0.3, 0.4) is 0 Å². The summed E-state index contributed by atoms with van der Waals surface area (Å²) in [7, 11) is 0. The average molecular weight is 302 g/mol. The molecule has 0 spiro atoms. The van der Waals surface area contributed by atoms with Crippen LogP contribution in [0.25, 0.3) is 0 Å². The molecule has 6 nitrogen and oxygen atoms in total. The number of carbonyl (C=O) groups excluding carboxylic acids is 1. The first-order valence-electron chi connectivity index (χ1n) is 6.94. The van der Waals surface area contributed by atoms with E-state index in [0.717, 1.165) is 13.1 Å². The topological polar surface area (TPSA) is 67.4 Å². The highest BCUT2D eigenvalue weighted by molar-refractivity contribution is 6.04. The number of rotatable bonds is 3. The minimum Gasteiger partial charge on any atom is -0.378 e. The van der Waals surface area contributed by atoms with E-state index in [1.807, 2.05) is 4.90 Å². The number of hydrogen-bond donors (Lipinski definition) is 1. The number of ether oxygens (including phenoxy) is 1. The fourth-order valence-corrected chi connectivity index (χ4v) is 2.21. The summed E-state index contributed by atoms with van der Waals surface area (Å²) >= 11 is 0. The molecule has 0 unspecified atom stereocenters. The van der Waals surface area contributed by atoms with Gasteiger partial charge in [0.05, 0.1) is 18.8 Å². The number of anilines is 2. The van der Waals surface area contributed by atoms with Gasteiger partial charge in [-0.05, 0) is 12.1 Å². The highest BCUT2D eigenvalue weighted by atomic mass is 19.1. The largest absolute Gasteiger partial charge is 0.378 e. The van der Waals surface area contributed by atoms with Crippen LogP contribution < -0.4 is 10.2 Å². The Bertz CT molecular complexity index is 674. The van der Waals surface area contributed by atoms with Gasteiger partial charge in [0.1, 0.15) is 23.8 Å². The van der Waals surface area contributed by atoms with Crippen molar-refractivity contribution in [3.05, 3.63) is 48.0 Å². The van der Waals surface area contributed by atoms with Gasteiger partial charge >= 0.3 is 0 Å². The van der Waals surface area contributed by atoms with Crippen LogP contribution in [-0.2, 0) is 4.74 Å². The van der Waals surface area contributed by atoms with Crippen molar-refractivity contribution in [2.45, 2.75) is 0 Å². The predicted octanol–water partition coefficient (Wildman–Crippen LogP) is 1.70. The number of nitrogens with zero attached hydrogens (tertiary/aromatic N) is 3. The summed E-state index contributed by atoms with van der Waals surface area (Å²) in [5, 5.41) is 2.59. The van der Waals surface area contributed by atoms with Gasteiger partial charge < -0.3 is 15.0 Å². The van der Waals surface area contributed by atoms with E-state index < -0.39 is 11.7 Å². The van der Waals surface area contributed by atoms with Gasteiger partial charge in [0.15, 0.2) is 0 Å². The molecule has 1 aliphatic rings. The van der Waals surface area contributed by atoms with E-state index in [9.17, 15) is 9.18 Å². The summed E-state index contributed by atoms with van der Waals surface area (Å²) < 4.78 is 18.9. The molecule has 1 fully saturated rings. The van der Waals surface area contributed by atoms with Crippen LogP contribution in [-0.4, -0.2) is 42.2 Å². The number of hydrogen-bond acceptors (Lipinski definition) is 5. The van der Waals surface area contributed by atoms with E-state index in [1.54, 1.807) is 12.1 Å². The molecule has 114 valence electrons. The second kappa shape index (κ2) is 6.48. The Labute approximate surface area is 126 Å². The van der Waals surface area contributed by atoms with Crippen LogP contribution in [0.15, 0.2) is 36.7 Å². The number of benzene rings is 1. The molecular weight excluding hydrogens is 287 g/mol. The molecule has 0 bridgehead atoms. The fourth-order valence-electron chi connectivity index (χ4n) is 2.21. The summed E-state index contributed by atoms with van der Waals surface area (Å²) in [6.45, 7) is 2.75. The van der Waals surface area contributed by atoms with E-state index in [-0.39, 0.29) is 5.56 Å². The summed E-state index contributed by atoms with van der Waals surface area (Å²) in [6, 6.07) is 7.48. The van der Waals surface area contributed by atoms with Crippen molar-refractivity contribution in [1.82, 2.24) is 9.97 Å². The van der Waals surface area contributed by atoms with Gasteiger partial charge in [0, 0.05) is 19.2 Å². The molecule has 2 heterocycles. The maximum Gasteiger partial charge on any atom is 0.259 e. The van der Waals surface area contributed by atoms with Gasteiger partial charge in [-0.3, -0.25) is 4.79 Å². The van der Waals surface area contributed by atoms with Gasteiger partial charge in [-0.1, -0.05) is 12.1 Å². The molecule has 0 aliphatic carbocycles. The van der Waals surface area contributed by atoms with Crippen LogP contribution in [0.2, 0.25) is 0 Å². The molecule has 0 saturated carbocycles. The van der Waals surface area contributed by atoms with E-state index in [0.29, 0.717) is 24.8 Å². The summed E-state index contributed by atoms with van der Waals surface area (Å²) in [5.74, 6) is -0.0564. The van der Waals surface area contributed by atoms with Gasteiger partial charge in [0.2, 0.25) is 0 Å². The average Bonchev–Trinajstić information content (AvgIpc) is 2.56. The molecule has 1 aromatic heterocycles. The van der Waals surface area contributed by atoms with Crippen molar-refractivity contribution in [3.63, 3.8) is 0 Å². The molecule has 0 radical (unpaired) electrons. The van der Waals surface area contributed by atoms with Gasteiger partial charge in [0.25, 0.3) is 5.91 Å². The molecule has 1 N–H and O–H groups in total. The lowest BCUT2D eigenvalue weighted by Crippen LogP contribution is -2.36. The smallest absolute Gasteiger partial charge is 0.259 e. The summed E-state index contributed by atoms with van der Waals surface area (Å²) in [4.78, 5) is 22.3. The Morgan fingerprint density at radius 3 is 2.77 bits per heavy atom. The zero-order valence-electron chi connectivity index (χ0n) is 11.8. The lowest BCUT2D eigenvalue weighted by molar-refractivity contribution is 0.102. The van der Waals surface area contributed by atoms with Crippen LogP contribution >= 0.6 is 0 Å². The number of nitrogens with one attached hydrogen (secondary N) is 1. The zero-order chi connectivity index (χ0) is 15.4. The molecule has 22 heavy (non-hydrogen) atoms. The SMILES string of the molecule is O=C(Nc1cc(N2CCOCC2)ncn1)c1ccccc1F. The van der Waals surface area contributed by atoms with Crippen LogP contribution in [0.5, 0.6) is 0 Å². The maximum absolute atomic E-state index is 13.6. The lowest BCUT2D eigenvalue weighted by Gasteiger charge is -2.27. The lowest BCUT2D eigenvalue weighted by atomic mass is 10.2. The highest BCUT2D eigenvalue weighted by Gasteiger charge is 2.15. The Balaban J connectivity index is 1.75. The van der Waals surface area contributed by atoms with Crippen molar-refractivity contribution in [2.75, 3.05) is 36.5 Å². The van der Waals surface area contributed by atoms with Crippen molar-refractivity contribution < 1.29 is 13.9 Å².